The second kappa shape index (κ2) is 4.65. The summed E-state index contributed by atoms with van der Waals surface area (Å²) in [4.78, 5) is 4.03. The van der Waals surface area contributed by atoms with Crippen LogP contribution in [0, 0.1) is 0 Å². The highest BCUT2D eigenvalue weighted by Gasteiger charge is 2.09. The molecule has 0 spiro atoms. The molecule has 3 nitrogen and oxygen atoms in total. The summed E-state index contributed by atoms with van der Waals surface area (Å²) in [6.07, 6.45) is 9.92. The lowest BCUT2D eigenvalue weighted by atomic mass is 10.1. The molecule has 1 aliphatic rings. The monoisotopic (exact) mass is 190 g/mol. The van der Waals surface area contributed by atoms with Crippen molar-refractivity contribution in [1.29, 1.82) is 0 Å². The van der Waals surface area contributed by atoms with Crippen molar-refractivity contribution in [3.05, 3.63) is 36.9 Å². The van der Waals surface area contributed by atoms with Crippen molar-refractivity contribution in [2.45, 2.75) is 18.9 Å². The Bertz CT molecular complexity index is 297. The normalized spacial score (nSPS) is 20.1. The molecule has 3 heteroatoms. The van der Waals surface area contributed by atoms with E-state index in [0.717, 1.165) is 25.1 Å². The third-order valence-corrected chi connectivity index (χ3v) is 2.22. The van der Waals surface area contributed by atoms with Gasteiger partial charge in [0.15, 0.2) is 0 Å². The van der Waals surface area contributed by atoms with Gasteiger partial charge in [0.2, 0.25) is 0 Å². The zero-order valence-electron chi connectivity index (χ0n) is 8.02. The highest BCUT2D eigenvalue weighted by atomic mass is 16.5. The topological polar surface area (TPSA) is 34.1 Å². The number of ether oxygens (including phenoxy) is 1. The number of nitrogens with zero attached hydrogens (tertiary/aromatic N) is 1. The second-order valence-electron chi connectivity index (χ2n) is 3.33. The molecule has 14 heavy (non-hydrogen) atoms. The molecule has 0 radical (unpaired) electrons. The lowest BCUT2D eigenvalue weighted by molar-refractivity contribution is 0.135. The average molecular weight is 190 g/mol. The van der Waals surface area contributed by atoms with Gasteiger partial charge in [-0.25, -0.2) is 0 Å². The Labute approximate surface area is 83.8 Å². The summed E-state index contributed by atoms with van der Waals surface area (Å²) in [5.41, 5.74) is 1.05. The standard InChI is InChI=1S/C11H14N2O/c1-2-7-14-11(5-1)9-13-10-4-3-6-12-8-10/h2-4,6-8,11,13H,1,5,9H2. The maximum Gasteiger partial charge on any atom is 0.115 e. The number of nitrogens with one attached hydrogen (secondary N) is 1. The van der Waals surface area contributed by atoms with E-state index in [-0.39, 0.29) is 0 Å². The number of pyridine rings is 1. The molecule has 0 bridgehead atoms. The van der Waals surface area contributed by atoms with Crippen LogP contribution in [0.2, 0.25) is 0 Å². The lowest BCUT2D eigenvalue weighted by Gasteiger charge is -2.19. The minimum Gasteiger partial charge on any atom is -0.497 e. The fraction of sp³-hybridized carbons (Fsp3) is 0.364. The highest BCUT2D eigenvalue weighted by Crippen LogP contribution is 2.11. The maximum absolute atomic E-state index is 5.44. The summed E-state index contributed by atoms with van der Waals surface area (Å²) in [7, 11) is 0. The van der Waals surface area contributed by atoms with E-state index in [2.05, 4.69) is 16.4 Å². The van der Waals surface area contributed by atoms with Gasteiger partial charge in [0.25, 0.3) is 0 Å². The zero-order valence-corrected chi connectivity index (χ0v) is 8.02. The van der Waals surface area contributed by atoms with Gasteiger partial charge in [-0.05, 0) is 31.1 Å². The van der Waals surface area contributed by atoms with Gasteiger partial charge < -0.3 is 10.1 Å². The van der Waals surface area contributed by atoms with E-state index >= 15 is 0 Å². The van der Waals surface area contributed by atoms with Crippen molar-refractivity contribution in [3.63, 3.8) is 0 Å². The predicted molar refractivity (Wildman–Crippen MR) is 56.0 cm³/mol. The molecule has 0 fully saturated rings. The third-order valence-electron chi connectivity index (χ3n) is 2.22. The molecular formula is C11H14N2O. The molecule has 74 valence electrons. The Balaban J connectivity index is 1.80. The molecule has 1 aromatic rings. The van der Waals surface area contributed by atoms with Crippen LogP contribution in [0.15, 0.2) is 36.9 Å². The minimum absolute atomic E-state index is 0.292. The Morgan fingerprint density at radius 2 is 2.57 bits per heavy atom. The van der Waals surface area contributed by atoms with Gasteiger partial charge in [-0.3, -0.25) is 4.98 Å². The molecule has 1 aromatic heterocycles. The first-order chi connectivity index (χ1) is 6.95. The van der Waals surface area contributed by atoms with Crippen molar-refractivity contribution in [3.8, 4) is 0 Å². The Morgan fingerprint density at radius 3 is 3.29 bits per heavy atom. The van der Waals surface area contributed by atoms with Crippen molar-refractivity contribution in [2.24, 2.45) is 0 Å². The van der Waals surface area contributed by atoms with Crippen molar-refractivity contribution in [1.82, 2.24) is 4.98 Å². The van der Waals surface area contributed by atoms with Crippen LogP contribution >= 0.6 is 0 Å². The molecule has 1 atom stereocenters. The SMILES string of the molecule is C1=COC(CNc2cccnc2)CC1. The number of aromatic nitrogens is 1. The van der Waals surface area contributed by atoms with E-state index in [1.54, 1.807) is 12.5 Å². The summed E-state index contributed by atoms with van der Waals surface area (Å²) in [6.45, 7) is 0.843. The molecule has 1 unspecified atom stereocenters. The zero-order chi connectivity index (χ0) is 9.64. The number of allylic oxidation sites excluding steroid dienone is 1. The first-order valence-electron chi connectivity index (χ1n) is 4.89. The number of hydrogen-bond donors (Lipinski definition) is 1. The van der Waals surface area contributed by atoms with Gasteiger partial charge >= 0.3 is 0 Å². The van der Waals surface area contributed by atoms with Gasteiger partial charge in [-0.1, -0.05) is 0 Å². The summed E-state index contributed by atoms with van der Waals surface area (Å²) >= 11 is 0. The number of rotatable bonds is 3. The van der Waals surface area contributed by atoms with Crippen LogP contribution in [0.4, 0.5) is 5.69 Å². The fourth-order valence-corrected chi connectivity index (χ4v) is 1.43. The van der Waals surface area contributed by atoms with Crippen LogP contribution in [0.25, 0.3) is 0 Å². The molecule has 0 aromatic carbocycles. The van der Waals surface area contributed by atoms with E-state index in [1.165, 1.54) is 0 Å². The molecule has 0 saturated heterocycles. The van der Waals surface area contributed by atoms with Crippen molar-refractivity contribution < 1.29 is 4.74 Å². The largest absolute Gasteiger partial charge is 0.497 e. The van der Waals surface area contributed by atoms with Gasteiger partial charge in [0, 0.05) is 12.4 Å². The first kappa shape index (κ1) is 9.06. The van der Waals surface area contributed by atoms with E-state index in [9.17, 15) is 0 Å². The Kier molecular flexibility index (Phi) is 3.01. The highest BCUT2D eigenvalue weighted by molar-refractivity contribution is 5.39. The van der Waals surface area contributed by atoms with E-state index in [0.29, 0.717) is 6.10 Å². The minimum atomic E-state index is 0.292. The van der Waals surface area contributed by atoms with Crippen molar-refractivity contribution in [2.75, 3.05) is 11.9 Å². The molecule has 0 aliphatic carbocycles. The van der Waals surface area contributed by atoms with Gasteiger partial charge in [-0.2, -0.15) is 0 Å². The summed E-state index contributed by atoms with van der Waals surface area (Å²) in [5, 5.41) is 3.29. The quantitative estimate of drug-likeness (QED) is 0.793. The third kappa shape index (κ3) is 2.49. The molecular weight excluding hydrogens is 176 g/mol. The van der Waals surface area contributed by atoms with Crippen LogP contribution in [-0.4, -0.2) is 17.6 Å². The van der Waals surface area contributed by atoms with Gasteiger partial charge in [0.1, 0.15) is 6.10 Å². The van der Waals surface area contributed by atoms with Crippen LogP contribution in [-0.2, 0) is 4.74 Å². The van der Waals surface area contributed by atoms with Crippen molar-refractivity contribution >= 4 is 5.69 Å². The summed E-state index contributed by atoms with van der Waals surface area (Å²) < 4.78 is 5.44. The molecule has 2 heterocycles. The molecule has 1 aliphatic heterocycles. The number of hydrogen-bond acceptors (Lipinski definition) is 3. The molecule has 0 saturated carbocycles. The molecule has 1 N–H and O–H groups in total. The smallest absolute Gasteiger partial charge is 0.115 e. The fourth-order valence-electron chi connectivity index (χ4n) is 1.43. The van der Waals surface area contributed by atoms with E-state index < -0.39 is 0 Å². The summed E-state index contributed by atoms with van der Waals surface area (Å²) in [6, 6.07) is 3.93. The van der Waals surface area contributed by atoms with Crippen LogP contribution in [0.3, 0.4) is 0 Å². The van der Waals surface area contributed by atoms with Crippen LogP contribution in [0.5, 0.6) is 0 Å². The van der Waals surface area contributed by atoms with Gasteiger partial charge in [0.05, 0.1) is 18.5 Å². The first-order valence-corrected chi connectivity index (χ1v) is 4.89. The van der Waals surface area contributed by atoms with Crippen LogP contribution < -0.4 is 5.32 Å². The Hall–Kier alpha value is -1.51. The predicted octanol–water partition coefficient (Wildman–Crippen LogP) is 2.19. The van der Waals surface area contributed by atoms with E-state index in [4.69, 9.17) is 4.74 Å². The summed E-state index contributed by atoms with van der Waals surface area (Å²) in [5.74, 6) is 0. The van der Waals surface area contributed by atoms with Gasteiger partial charge in [-0.15, -0.1) is 0 Å². The lowest BCUT2D eigenvalue weighted by Crippen LogP contribution is -2.22. The number of anilines is 1. The maximum atomic E-state index is 5.44. The molecule has 2 rings (SSSR count). The molecule has 0 amide bonds. The van der Waals surface area contributed by atoms with E-state index in [1.807, 2.05) is 18.3 Å². The second-order valence-corrected chi connectivity index (χ2v) is 3.33. The van der Waals surface area contributed by atoms with Crippen LogP contribution in [0.1, 0.15) is 12.8 Å². The Morgan fingerprint density at radius 1 is 1.57 bits per heavy atom. The average Bonchev–Trinajstić information content (AvgIpc) is 2.29.